The topological polar surface area (TPSA) is 107 Å². The van der Waals surface area contributed by atoms with Crippen molar-refractivity contribution in [3.05, 3.63) is 57.8 Å². The van der Waals surface area contributed by atoms with E-state index < -0.39 is 0 Å². The molecule has 0 saturated heterocycles. The van der Waals surface area contributed by atoms with Crippen molar-refractivity contribution in [2.75, 3.05) is 13.7 Å². The van der Waals surface area contributed by atoms with Crippen molar-refractivity contribution in [3.63, 3.8) is 0 Å². The lowest BCUT2D eigenvalue weighted by Gasteiger charge is -2.15. The van der Waals surface area contributed by atoms with E-state index in [-0.39, 0.29) is 11.5 Å². The molecule has 0 amide bonds. The summed E-state index contributed by atoms with van der Waals surface area (Å²) >= 11 is 0. The van der Waals surface area contributed by atoms with Crippen LogP contribution in [-0.2, 0) is 0 Å². The van der Waals surface area contributed by atoms with Gasteiger partial charge in [0.2, 0.25) is 5.88 Å². The first kappa shape index (κ1) is 19.0. The number of aryl methyl sites for hydroxylation is 2. The summed E-state index contributed by atoms with van der Waals surface area (Å²) in [5.41, 5.74) is 10.8. The monoisotopic (exact) mass is 389 g/mol. The maximum absolute atomic E-state index is 12.7. The molecule has 1 unspecified atom stereocenters. The van der Waals surface area contributed by atoms with Gasteiger partial charge in [0, 0.05) is 17.8 Å². The maximum atomic E-state index is 12.7. The van der Waals surface area contributed by atoms with Crippen LogP contribution in [0.5, 0.6) is 5.88 Å². The fourth-order valence-corrected chi connectivity index (χ4v) is 3.64. The van der Waals surface area contributed by atoms with Crippen molar-refractivity contribution in [2.45, 2.75) is 26.7 Å². The number of pyridine rings is 4. The Morgan fingerprint density at radius 3 is 2.62 bits per heavy atom. The summed E-state index contributed by atoms with van der Waals surface area (Å²) in [5.74, 6) is 0.659. The summed E-state index contributed by atoms with van der Waals surface area (Å²) in [6, 6.07) is 5.77. The summed E-state index contributed by atoms with van der Waals surface area (Å²) in [6.45, 7) is 6.35. The number of fused-ring (bicyclic) bond motifs is 3. The number of nitrogens with two attached hydrogens (primary N) is 1. The van der Waals surface area contributed by atoms with Crippen molar-refractivity contribution in [3.8, 4) is 17.1 Å². The standard InChI is InChI=1S/C22H23N5O2/c1-11-7-8-24-20-16(11)21(28)27-19-13(3)26-22(29-4)17(18(19)20)15-6-5-14(10-25-15)12(2)9-23/h5-8,10,12H,9,23H2,1-4H3,(H,27,28). The number of nitrogens with zero attached hydrogens (tertiary/aromatic N) is 3. The van der Waals surface area contributed by atoms with Gasteiger partial charge >= 0.3 is 0 Å². The number of hydrogen-bond donors (Lipinski definition) is 2. The average Bonchev–Trinajstić information content (AvgIpc) is 2.73. The van der Waals surface area contributed by atoms with Gasteiger partial charge in [-0.1, -0.05) is 13.0 Å². The average molecular weight is 389 g/mol. The van der Waals surface area contributed by atoms with Crippen LogP contribution in [0.15, 0.2) is 35.4 Å². The Bertz CT molecular complexity index is 1280. The molecule has 7 heteroatoms. The Hall–Kier alpha value is -3.32. The van der Waals surface area contributed by atoms with E-state index in [0.717, 1.165) is 16.5 Å². The lowest BCUT2D eigenvalue weighted by Crippen LogP contribution is -2.11. The van der Waals surface area contributed by atoms with Crippen LogP contribution in [0.25, 0.3) is 33.1 Å². The zero-order chi connectivity index (χ0) is 20.7. The second-order valence-corrected chi connectivity index (χ2v) is 7.25. The molecule has 1 atom stereocenters. The van der Waals surface area contributed by atoms with Gasteiger partial charge in [0.1, 0.15) is 0 Å². The molecule has 4 rings (SSSR count). The first-order valence-electron chi connectivity index (χ1n) is 9.48. The van der Waals surface area contributed by atoms with E-state index in [2.05, 4.69) is 26.9 Å². The molecular weight excluding hydrogens is 366 g/mol. The minimum atomic E-state index is -0.181. The van der Waals surface area contributed by atoms with E-state index in [4.69, 9.17) is 10.5 Å². The SMILES string of the molecule is COc1nc(C)c2[nH]c(=O)c3c(C)ccnc3c2c1-c1ccc(C(C)CN)cn1. The Kier molecular flexibility index (Phi) is 4.76. The van der Waals surface area contributed by atoms with Crippen LogP contribution in [0.4, 0.5) is 0 Å². The summed E-state index contributed by atoms with van der Waals surface area (Å²) in [7, 11) is 1.58. The van der Waals surface area contributed by atoms with Gasteiger partial charge in [-0.3, -0.25) is 14.8 Å². The van der Waals surface area contributed by atoms with Gasteiger partial charge in [-0.05, 0) is 49.6 Å². The summed E-state index contributed by atoms with van der Waals surface area (Å²) in [6.07, 6.45) is 3.53. The maximum Gasteiger partial charge on any atom is 0.258 e. The zero-order valence-corrected chi connectivity index (χ0v) is 16.9. The van der Waals surface area contributed by atoms with Crippen LogP contribution in [0.3, 0.4) is 0 Å². The molecule has 29 heavy (non-hydrogen) atoms. The molecule has 4 aromatic heterocycles. The van der Waals surface area contributed by atoms with Gasteiger partial charge in [-0.15, -0.1) is 0 Å². The third-order valence-electron chi connectivity index (χ3n) is 5.37. The highest BCUT2D eigenvalue weighted by Crippen LogP contribution is 2.38. The number of ether oxygens (including phenoxy) is 1. The fraction of sp³-hybridized carbons (Fsp3) is 0.273. The number of H-pyrrole nitrogens is 1. The van der Waals surface area contributed by atoms with Gasteiger partial charge in [-0.25, -0.2) is 4.98 Å². The van der Waals surface area contributed by atoms with Gasteiger partial charge in [0.15, 0.2) is 0 Å². The number of aromatic nitrogens is 4. The Morgan fingerprint density at radius 2 is 1.97 bits per heavy atom. The predicted octanol–water partition coefficient (Wildman–Crippen LogP) is 3.22. The smallest absolute Gasteiger partial charge is 0.258 e. The molecule has 0 radical (unpaired) electrons. The number of rotatable bonds is 4. The lowest BCUT2D eigenvalue weighted by molar-refractivity contribution is 0.399. The van der Waals surface area contributed by atoms with E-state index in [1.807, 2.05) is 38.2 Å². The van der Waals surface area contributed by atoms with Crippen molar-refractivity contribution in [1.29, 1.82) is 0 Å². The molecule has 0 aliphatic rings. The van der Waals surface area contributed by atoms with Gasteiger partial charge < -0.3 is 15.5 Å². The molecule has 4 aromatic rings. The summed E-state index contributed by atoms with van der Waals surface area (Å²) < 4.78 is 5.61. The minimum absolute atomic E-state index is 0.181. The van der Waals surface area contributed by atoms with Crippen molar-refractivity contribution < 1.29 is 4.74 Å². The molecule has 0 fully saturated rings. The third kappa shape index (κ3) is 3.03. The first-order chi connectivity index (χ1) is 14.0. The Balaban J connectivity index is 2.14. The van der Waals surface area contributed by atoms with Crippen LogP contribution in [0, 0.1) is 13.8 Å². The third-order valence-corrected chi connectivity index (χ3v) is 5.37. The molecule has 148 valence electrons. The Labute approximate surface area is 168 Å². The van der Waals surface area contributed by atoms with E-state index in [1.54, 1.807) is 13.3 Å². The summed E-state index contributed by atoms with van der Waals surface area (Å²) in [5, 5.41) is 1.34. The number of nitrogens with one attached hydrogen (secondary N) is 1. The highest BCUT2D eigenvalue weighted by atomic mass is 16.5. The van der Waals surface area contributed by atoms with Crippen LogP contribution in [0.2, 0.25) is 0 Å². The highest BCUT2D eigenvalue weighted by Gasteiger charge is 2.21. The van der Waals surface area contributed by atoms with E-state index >= 15 is 0 Å². The molecule has 0 aliphatic carbocycles. The molecule has 4 heterocycles. The molecule has 0 aliphatic heterocycles. The number of methoxy groups -OCH3 is 1. The van der Waals surface area contributed by atoms with Crippen LogP contribution >= 0.6 is 0 Å². The molecule has 0 aromatic carbocycles. The fourth-order valence-electron chi connectivity index (χ4n) is 3.64. The molecule has 0 spiro atoms. The quantitative estimate of drug-likeness (QED) is 0.519. The Morgan fingerprint density at radius 1 is 1.17 bits per heavy atom. The van der Waals surface area contributed by atoms with Gasteiger partial charge in [-0.2, -0.15) is 0 Å². The summed E-state index contributed by atoms with van der Waals surface area (Å²) in [4.78, 5) is 29.5. The molecule has 3 N–H and O–H groups in total. The molecular formula is C22H23N5O2. The minimum Gasteiger partial charge on any atom is -0.480 e. The van der Waals surface area contributed by atoms with Crippen molar-refractivity contribution in [1.82, 2.24) is 19.9 Å². The van der Waals surface area contributed by atoms with Crippen LogP contribution < -0.4 is 16.0 Å². The van der Waals surface area contributed by atoms with E-state index in [9.17, 15) is 4.79 Å². The normalized spacial score (nSPS) is 12.4. The zero-order valence-electron chi connectivity index (χ0n) is 16.9. The lowest BCUT2D eigenvalue weighted by atomic mass is 9.99. The largest absolute Gasteiger partial charge is 0.480 e. The number of aromatic amines is 1. The van der Waals surface area contributed by atoms with E-state index in [1.165, 1.54) is 0 Å². The molecule has 0 saturated carbocycles. The molecule has 7 nitrogen and oxygen atoms in total. The highest BCUT2D eigenvalue weighted by molar-refractivity contribution is 6.12. The van der Waals surface area contributed by atoms with Gasteiger partial charge in [0.05, 0.1) is 40.5 Å². The first-order valence-corrected chi connectivity index (χ1v) is 9.48. The predicted molar refractivity (Wildman–Crippen MR) is 114 cm³/mol. The molecule has 0 bridgehead atoms. The van der Waals surface area contributed by atoms with Crippen molar-refractivity contribution >= 4 is 21.8 Å². The van der Waals surface area contributed by atoms with Crippen LogP contribution in [0.1, 0.15) is 29.7 Å². The second-order valence-electron chi connectivity index (χ2n) is 7.25. The van der Waals surface area contributed by atoms with Gasteiger partial charge in [0.25, 0.3) is 5.56 Å². The van der Waals surface area contributed by atoms with Crippen LogP contribution in [-0.4, -0.2) is 33.6 Å². The van der Waals surface area contributed by atoms with E-state index in [0.29, 0.717) is 45.8 Å². The second kappa shape index (κ2) is 7.25. The van der Waals surface area contributed by atoms with Crippen molar-refractivity contribution in [2.24, 2.45) is 5.73 Å². The number of hydrogen-bond acceptors (Lipinski definition) is 6.